The highest BCUT2D eigenvalue weighted by molar-refractivity contribution is 6.35. The summed E-state index contributed by atoms with van der Waals surface area (Å²) in [6, 6.07) is 3.27. The molecular weight excluding hydrogens is 273 g/mol. The molecule has 100 valence electrons. The molecule has 1 heterocycles. The van der Waals surface area contributed by atoms with Gasteiger partial charge in [0.25, 0.3) is 0 Å². The summed E-state index contributed by atoms with van der Waals surface area (Å²) in [5.41, 5.74) is 0.764. The van der Waals surface area contributed by atoms with E-state index in [0.29, 0.717) is 11.6 Å². The average Bonchev–Trinajstić information content (AvgIpc) is 2.33. The van der Waals surface area contributed by atoms with E-state index >= 15 is 0 Å². The van der Waals surface area contributed by atoms with Crippen molar-refractivity contribution >= 4 is 23.2 Å². The van der Waals surface area contributed by atoms with Gasteiger partial charge in [-0.15, -0.1) is 0 Å². The van der Waals surface area contributed by atoms with Crippen molar-refractivity contribution in [2.45, 2.75) is 31.8 Å². The van der Waals surface area contributed by atoms with Crippen LogP contribution in [0.1, 0.15) is 25.3 Å². The van der Waals surface area contributed by atoms with Crippen LogP contribution in [-0.2, 0) is 11.3 Å². The van der Waals surface area contributed by atoms with Crippen LogP contribution in [-0.4, -0.2) is 23.9 Å². The van der Waals surface area contributed by atoms with Gasteiger partial charge in [0.15, 0.2) is 0 Å². The first-order valence-corrected chi connectivity index (χ1v) is 6.75. The van der Waals surface area contributed by atoms with Crippen molar-refractivity contribution in [1.29, 1.82) is 0 Å². The minimum atomic E-state index is 0.0412. The fourth-order valence-electron chi connectivity index (χ4n) is 2.06. The summed E-state index contributed by atoms with van der Waals surface area (Å²) in [7, 11) is 0. The summed E-state index contributed by atoms with van der Waals surface area (Å²) in [4.78, 5) is 0. The second-order valence-corrected chi connectivity index (χ2v) is 5.77. The summed E-state index contributed by atoms with van der Waals surface area (Å²) < 4.78 is 5.35. The molecule has 1 aliphatic heterocycles. The first-order valence-electron chi connectivity index (χ1n) is 6.00. The molecule has 1 aliphatic rings. The van der Waals surface area contributed by atoms with Crippen LogP contribution in [0.3, 0.4) is 0 Å². The third kappa shape index (κ3) is 3.29. The van der Waals surface area contributed by atoms with Gasteiger partial charge < -0.3 is 15.2 Å². The molecule has 0 aromatic heterocycles. The highest BCUT2D eigenvalue weighted by Gasteiger charge is 2.26. The molecule has 0 aliphatic carbocycles. The summed E-state index contributed by atoms with van der Waals surface area (Å²) in [6.45, 7) is 4.25. The molecule has 2 rings (SSSR count). The lowest BCUT2D eigenvalue weighted by atomic mass is 9.92. The van der Waals surface area contributed by atoms with E-state index in [9.17, 15) is 5.11 Å². The van der Waals surface area contributed by atoms with Crippen molar-refractivity contribution < 1.29 is 9.84 Å². The molecule has 0 radical (unpaired) electrons. The molecule has 18 heavy (non-hydrogen) atoms. The summed E-state index contributed by atoms with van der Waals surface area (Å²) >= 11 is 11.8. The molecule has 0 spiro atoms. The van der Waals surface area contributed by atoms with E-state index in [2.05, 4.69) is 12.2 Å². The number of rotatable bonds is 3. The fraction of sp³-hybridized carbons (Fsp3) is 0.538. The second kappa shape index (κ2) is 5.66. The van der Waals surface area contributed by atoms with Gasteiger partial charge in [-0.25, -0.2) is 0 Å². The summed E-state index contributed by atoms with van der Waals surface area (Å²) in [6.07, 6.45) is 1.92. The summed E-state index contributed by atoms with van der Waals surface area (Å²) in [5, 5.41) is 14.2. The Labute approximate surface area is 117 Å². The third-order valence-electron chi connectivity index (χ3n) is 3.41. The first-order chi connectivity index (χ1) is 8.50. The Morgan fingerprint density at radius 3 is 2.67 bits per heavy atom. The van der Waals surface area contributed by atoms with Gasteiger partial charge in [0, 0.05) is 35.9 Å². The summed E-state index contributed by atoms with van der Waals surface area (Å²) in [5.74, 6) is 0.101. The highest BCUT2D eigenvalue weighted by Crippen LogP contribution is 2.31. The Balaban J connectivity index is 2.05. The van der Waals surface area contributed by atoms with E-state index in [1.807, 2.05) is 0 Å². The van der Waals surface area contributed by atoms with E-state index in [-0.39, 0.29) is 16.3 Å². The molecule has 1 fully saturated rings. The van der Waals surface area contributed by atoms with Gasteiger partial charge in [0.2, 0.25) is 0 Å². The Hall–Kier alpha value is -0.480. The maximum atomic E-state index is 9.88. The van der Waals surface area contributed by atoms with Crippen molar-refractivity contribution in [3.8, 4) is 5.75 Å². The van der Waals surface area contributed by atoms with Crippen molar-refractivity contribution in [3.63, 3.8) is 0 Å². The zero-order valence-corrected chi connectivity index (χ0v) is 11.8. The van der Waals surface area contributed by atoms with E-state index in [0.717, 1.165) is 31.6 Å². The zero-order chi connectivity index (χ0) is 13.2. The number of halogens is 2. The maximum Gasteiger partial charge on any atom is 0.138 e. The molecule has 1 aromatic rings. The highest BCUT2D eigenvalue weighted by atomic mass is 35.5. The minimum Gasteiger partial charge on any atom is -0.506 e. The van der Waals surface area contributed by atoms with Gasteiger partial charge in [-0.3, -0.25) is 0 Å². The van der Waals surface area contributed by atoms with Crippen LogP contribution in [0, 0.1) is 0 Å². The lowest BCUT2D eigenvalue weighted by Crippen LogP contribution is -2.46. The van der Waals surface area contributed by atoms with Crippen molar-refractivity contribution in [2.24, 2.45) is 0 Å². The predicted molar refractivity (Wildman–Crippen MR) is 73.4 cm³/mol. The molecule has 1 saturated heterocycles. The number of nitrogens with one attached hydrogen (secondary N) is 1. The zero-order valence-electron chi connectivity index (χ0n) is 10.3. The minimum absolute atomic E-state index is 0.0412. The second-order valence-electron chi connectivity index (χ2n) is 4.92. The number of ether oxygens (including phenoxy) is 1. The number of benzene rings is 1. The van der Waals surface area contributed by atoms with E-state index in [4.69, 9.17) is 27.9 Å². The lowest BCUT2D eigenvalue weighted by molar-refractivity contribution is 0.0445. The van der Waals surface area contributed by atoms with Gasteiger partial charge in [0.1, 0.15) is 5.75 Å². The molecule has 5 heteroatoms. The van der Waals surface area contributed by atoms with Crippen LogP contribution in [0.4, 0.5) is 0 Å². The van der Waals surface area contributed by atoms with E-state index in [1.54, 1.807) is 6.07 Å². The number of phenolic OH excluding ortho intramolecular Hbond substituents is 1. The van der Waals surface area contributed by atoms with Gasteiger partial charge in [-0.2, -0.15) is 0 Å². The molecule has 0 amide bonds. The van der Waals surface area contributed by atoms with Crippen LogP contribution in [0.5, 0.6) is 5.75 Å². The smallest absolute Gasteiger partial charge is 0.138 e. The van der Waals surface area contributed by atoms with Crippen LogP contribution in [0.15, 0.2) is 12.1 Å². The van der Waals surface area contributed by atoms with Gasteiger partial charge in [-0.1, -0.05) is 23.2 Å². The van der Waals surface area contributed by atoms with Crippen LogP contribution < -0.4 is 5.32 Å². The molecule has 0 unspecified atom stereocenters. The Kier molecular flexibility index (Phi) is 4.38. The lowest BCUT2D eigenvalue weighted by Gasteiger charge is -2.34. The Morgan fingerprint density at radius 1 is 1.33 bits per heavy atom. The first kappa shape index (κ1) is 13.9. The SMILES string of the molecule is CC1(NCc2cc(Cl)cc(Cl)c2O)CCOCC1. The van der Waals surface area contributed by atoms with Gasteiger partial charge in [0.05, 0.1) is 5.02 Å². The Bertz CT molecular complexity index is 431. The maximum absolute atomic E-state index is 9.88. The van der Waals surface area contributed by atoms with Gasteiger partial charge >= 0.3 is 0 Å². The molecule has 1 aromatic carbocycles. The van der Waals surface area contributed by atoms with Gasteiger partial charge in [-0.05, 0) is 31.9 Å². The largest absolute Gasteiger partial charge is 0.506 e. The number of phenols is 1. The van der Waals surface area contributed by atoms with Crippen LogP contribution in [0.2, 0.25) is 10.0 Å². The van der Waals surface area contributed by atoms with Crippen LogP contribution in [0.25, 0.3) is 0 Å². The van der Waals surface area contributed by atoms with E-state index in [1.165, 1.54) is 6.07 Å². The average molecular weight is 290 g/mol. The molecule has 0 saturated carbocycles. The molecule has 2 N–H and O–H groups in total. The number of aromatic hydroxyl groups is 1. The topological polar surface area (TPSA) is 41.5 Å². The molecule has 0 bridgehead atoms. The monoisotopic (exact) mass is 289 g/mol. The normalized spacial score (nSPS) is 18.8. The molecule has 3 nitrogen and oxygen atoms in total. The van der Waals surface area contributed by atoms with E-state index < -0.39 is 0 Å². The van der Waals surface area contributed by atoms with Crippen molar-refractivity contribution in [2.75, 3.05) is 13.2 Å². The van der Waals surface area contributed by atoms with Crippen LogP contribution >= 0.6 is 23.2 Å². The molecule has 0 atom stereocenters. The predicted octanol–water partition coefficient (Wildman–Crippen LogP) is 3.36. The Morgan fingerprint density at radius 2 is 2.00 bits per heavy atom. The number of hydrogen-bond donors (Lipinski definition) is 2. The quantitative estimate of drug-likeness (QED) is 0.897. The standard InChI is InChI=1S/C13H17Cl2NO2/c1-13(2-4-18-5-3-13)16-8-9-6-10(14)7-11(15)12(9)17/h6-7,16-17H,2-5,8H2,1H3. The van der Waals surface area contributed by atoms with Crippen molar-refractivity contribution in [1.82, 2.24) is 5.32 Å². The van der Waals surface area contributed by atoms with Crippen molar-refractivity contribution in [3.05, 3.63) is 27.7 Å². The third-order valence-corrected chi connectivity index (χ3v) is 3.92. The number of hydrogen-bond acceptors (Lipinski definition) is 3. The molecular formula is C13H17Cl2NO2. The fourth-order valence-corrected chi connectivity index (χ4v) is 2.60.